The van der Waals surface area contributed by atoms with Gasteiger partial charge < -0.3 is 20.6 Å². The summed E-state index contributed by atoms with van der Waals surface area (Å²) in [6.07, 6.45) is 7.13. The number of nitrogens with one attached hydrogen (secondary N) is 2. The first-order valence-electron chi connectivity index (χ1n) is 9.59. The number of aliphatic hydroxyl groups is 1. The maximum atomic E-state index is 12.1. The highest BCUT2D eigenvalue weighted by molar-refractivity contribution is 5.89. The van der Waals surface area contributed by atoms with Crippen LogP contribution in [0.4, 0.5) is 10.5 Å². The number of nitrogens with zero attached hydrogens (tertiary/aromatic N) is 2. The zero-order valence-electron chi connectivity index (χ0n) is 15.2. The van der Waals surface area contributed by atoms with Crippen LogP contribution in [-0.4, -0.2) is 47.3 Å². The fourth-order valence-electron chi connectivity index (χ4n) is 4.00. The lowest BCUT2D eigenvalue weighted by Gasteiger charge is -2.40. The number of nitriles is 1. The third-order valence-corrected chi connectivity index (χ3v) is 5.50. The number of urea groups is 1. The minimum atomic E-state index is -0.508. The second-order valence-electron chi connectivity index (χ2n) is 7.62. The van der Waals surface area contributed by atoms with Crippen LogP contribution in [0.25, 0.3) is 0 Å². The summed E-state index contributed by atoms with van der Waals surface area (Å²) in [4.78, 5) is 14.5. The van der Waals surface area contributed by atoms with E-state index in [0.717, 1.165) is 58.2 Å². The topological polar surface area (TPSA) is 88.4 Å². The van der Waals surface area contributed by atoms with Gasteiger partial charge >= 0.3 is 6.03 Å². The molecule has 0 bridgehead atoms. The minimum absolute atomic E-state index is 0.158. The van der Waals surface area contributed by atoms with Crippen LogP contribution in [0, 0.1) is 11.3 Å². The van der Waals surface area contributed by atoms with Crippen LogP contribution in [0.15, 0.2) is 24.3 Å². The Morgan fingerprint density at radius 1 is 1.19 bits per heavy atom. The largest absolute Gasteiger partial charge is 0.389 e. The summed E-state index contributed by atoms with van der Waals surface area (Å²) in [5, 5.41) is 25.3. The van der Waals surface area contributed by atoms with Gasteiger partial charge in [-0.1, -0.05) is 19.3 Å². The van der Waals surface area contributed by atoms with Crippen molar-refractivity contribution >= 4 is 11.7 Å². The van der Waals surface area contributed by atoms with Gasteiger partial charge in [0, 0.05) is 31.4 Å². The monoisotopic (exact) mass is 356 g/mol. The van der Waals surface area contributed by atoms with E-state index in [9.17, 15) is 9.90 Å². The molecule has 3 N–H and O–H groups in total. The second kappa shape index (κ2) is 8.52. The molecular weight excluding hydrogens is 328 g/mol. The highest BCUT2D eigenvalue weighted by Crippen LogP contribution is 2.29. The van der Waals surface area contributed by atoms with Crippen molar-refractivity contribution in [1.82, 2.24) is 10.2 Å². The fourth-order valence-corrected chi connectivity index (χ4v) is 4.00. The molecule has 1 aliphatic carbocycles. The first-order valence-corrected chi connectivity index (χ1v) is 9.59. The van der Waals surface area contributed by atoms with Crippen LogP contribution in [0.3, 0.4) is 0 Å². The Kier molecular flexibility index (Phi) is 6.12. The maximum absolute atomic E-state index is 12.1. The van der Waals surface area contributed by atoms with Crippen molar-refractivity contribution in [3.8, 4) is 6.07 Å². The number of carbonyl (C=O) groups excluding carboxylic acids is 1. The Labute approximate surface area is 155 Å². The summed E-state index contributed by atoms with van der Waals surface area (Å²) < 4.78 is 0. The molecule has 140 valence electrons. The Morgan fingerprint density at radius 2 is 1.85 bits per heavy atom. The van der Waals surface area contributed by atoms with E-state index >= 15 is 0 Å². The standard InChI is InChI=1S/C20H28N4O2/c21-14-16-4-6-17(7-5-16)22-19(25)23-18-8-12-24(13-9-18)15-20(26)10-2-1-3-11-20/h4-7,18,26H,1-3,8-13,15H2,(H2,22,23,25). The summed E-state index contributed by atoms with van der Waals surface area (Å²) in [7, 11) is 0. The Bertz CT molecular complexity index is 639. The van der Waals surface area contributed by atoms with Gasteiger partial charge in [-0.25, -0.2) is 4.79 Å². The van der Waals surface area contributed by atoms with Crippen molar-refractivity contribution in [2.24, 2.45) is 0 Å². The number of likely N-dealkylation sites (tertiary alicyclic amines) is 1. The quantitative estimate of drug-likeness (QED) is 0.774. The first kappa shape index (κ1) is 18.7. The third kappa shape index (κ3) is 5.20. The van der Waals surface area contributed by atoms with Crippen LogP contribution >= 0.6 is 0 Å². The number of carbonyl (C=O) groups is 1. The van der Waals surface area contributed by atoms with Gasteiger partial charge in [-0.2, -0.15) is 5.26 Å². The van der Waals surface area contributed by atoms with Crippen LogP contribution in [0.1, 0.15) is 50.5 Å². The molecule has 2 aliphatic rings. The molecule has 2 fully saturated rings. The average Bonchev–Trinajstić information content (AvgIpc) is 2.64. The summed E-state index contributed by atoms with van der Waals surface area (Å²) in [5.41, 5.74) is 0.743. The molecule has 0 atom stereocenters. The summed E-state index contributed by atoms with van der Waals surface area (Å²) in [6.45, 7) is 2.57. The predicted octanol–water partition coefficient (Wildman–Crippen LogP) is 2.84. The predicted molar refractivity (Wildman–Crippen MR) is 101 cm³/mol. The van der Waals surface area contributed by atoms with Gasteiger partial charge in [0.1, 0.15) is 0 Å². The molecule has 1 saturated carbocycles. The smallest absolute Gasteiger partial charge is 0.319 e. The Balaban J connectivity index is 1.40. The van der Waals surface area contributed by atoms with Crippen LogP contribution in [0.5, 0.6) is 0 Å². The zero-order valence-corrected chi connectivity index (χ0v) is 15.2. The number of hydrogen-bond acceptors (Lipinski definition) is 4. The molecule has 1 saturated heterocycles. The Hall–Kier alpha value is -2.10. The fraction of sp³-hybridized carbons (Fsp3) is 0.600. The molecule has 0 unspecified atom stereocenters. The summed E-state index contributed by atoms with van der Waals surface area (Å²) >= 11 is 0. The van der Waals surface area contributed by atoms with E-state index in [2.05, 4.69) is 21.6 Å². The van der Waals surface area contributed by atoms with Crippen molar-refractivity contribution in [2.45, 2.75) is 56.6 Å². The first-order chi connectivity index (χ1) is 12.6. The third-order valence-electron chi connectivity index (χ3n) is 5.50. The number of rotatable bonds is 4. The molecule has 6 nitrogen and oxygen atoms in total. The van der Waals surface area contributed by atoms with E-state index in [0.29, 0.717) is 11.3 Å². The van der Waals surface area contributed by atoms with Crippen LogP contribution in [-0.2, 0) is 0 Å². The van der Waals surface area contributed by atoms with Gasteiger partial charge in [-0.05, 0) is 49.9 Å². The molecule has 26 heavy (non-hydrogen) atoms. The van der Waals surface area contributed by atoms with Gasteiger partial charge in [0.05, 0.1) is 17.2 Å². The van der Waals surface area contributed by atoms with Gasteiger partial charge in [-0.3, -0.25) is 0 Å². The minimum Gasteiger partial charge on any atom is -0.389 e. The van der Waals surface area contributed by atoms with Gasteiger partial charge in [-0.15, -0.1) is 0 Å². The maximum Gasteiger partial charge on any atom is 0.319 e. The molecule has 1 aromatic carbocycles. The lowest BCUT2D eigenvalue weighted by molar-refractivity contribution is -0.0310. The van der Waals surface area contributed by atoms with Gasteiger partial charge in [0.2, 0.25) is 0 Å². The summed E-state index contributed by atoms with van der Waals surface area (Å²) in [6, 6.07) is 8.83. The second-order valence-corrected chi connectivity index (χ2v) is 7.62. The highest BCUT2D eigenvalue weighted by Gasteiger charge is 2.32. The number of amides is 2. The van der Waals surface area contributed by atoms with E-state index in [-0.39, 0.29) is 12.1 Å². The normalized spacial score (nSPS) is 20.9. The molecule has 3 rings (SSSR count). The van der Waals surface area contributed by atoms with E-state index in [1.165, 1.54) is 6.42 Å². The van der Waals surface area contributed by atoms with Gasteiger partial charge in [0.25, 0.3) is 0 Å². The molecule has 2 amide bonds. The number of anilines is 1. The van der Waals surface area contributed by atoms with Crippen molar-refractivity contribution < 1.29 is 9.90 Å². The molecule has 6 heteroatoms. The molecule has 0 spiro atoms. The van der Waals surface area contributed by atoms with Crippen molar-refractivity contribution in [1.29, 1.82) is 5.26 Å². The molecule has 0 aromatic heterocycles. The van der Waals surface area contributed by atoms with E-state index in [1.54, 1.807) is 24.3 Å². The van der Waals surface area contributed by atoms with Crippen molar-refractivity contribution in [3.63, 3.8) is 0 Å². The number of benzene rings is 1. The van der Waals surface area contributed by atoms with E-state index in [4.69, 9.17) is 5.26 Å². The van der Waals surface area contributed by atoms with Crippen molar-refractivity contribution in [2.75, 3.05) is 25.0 Å². The molecule has 0 radical (unpaired) electrons. The molecule has 1 heterocycles. The lowest BCUT2D eigenvalue weighted by atomic mass is 9.84. The van der Waals surface area contributed by atoms with Crippen LogP contribution in [0.2, 0.25) is 0 Å². The number of hydrogen-bond donors (Lipinski definition) is 3. The highest BCUT2D eigenvalue weighted by atomic mass is 16.3. The summed E-state index contributed by atoms with van der Waals surface area (Å²) in [5.74, 6) is 0. The number of β-amino-alcohol motifs (C(OH)–C–C–N with tert-alkyl or cyclic N) is 1. The average molecular weight is 356 g/mol. The molecular formula is C20H28N4O2. The van der Waals surface area contributed by atoms with Crippen LogP contribution < -0.4 is 10.6 Å². The molecule has 1 aliphatic heterocycles. The SMILES string of the molecule is N#Cc1ccc(NC(=O)NC2CCN(CC3(O)CCCCC3)CC2)cc1. The molecule has 1 aromatic rings. The van der Waals surface area contributed by atoms with E-state index < -0.39 is 5.60 Å². The van der Waals surface area contributed by atoms with Gasteiger partial charge in [0.15, 0.2) is 0 Å². The lowest BCUT2D eigenvalue weighted by Crippen LogP contribution is -2.50. The van der Waals surface area contributed by atoms with Crippen molar-refractivity contribution in [3.05, 3.63) is 29.8 Å². The van der Waals surface area contributed by atoms with E-state index in [1.807, 2.05) is 0 Å². The Morgan fingerprint density at radius 3 is 2.46 bits per heavy atom. The zero-order chi connectivity index (χ0) is 18.4. The number of piperidine rings is 1.